The minimum Gasteiger partial charge on any atom is -0.333 e. The van der Waals surface area contributed by atoms with Crippen LogP contribution in [0.4, 0.5) is 0 Å². The molecule has 0 aromatic carbocycles. The molecule has 1 aliphatic rings. The first kappa shape index (κ1) is 12.6. The fourth-order valence-corrected chi connectivity index (χ4v) is 3.29. The Bertz CT molecular complexity index is 446. The maximum absolute atomic E-state index is 11.8. The van der Waals surface area contributed by atoms with Crippen molar-refractivity contribution >= 4 is 39.1 Å². The van der Waals surface area contributed by atoms with Crippen LogP contribution in [0.1, 0.15) is 11.8 Å². The lowest BCUT2D eigenvalue weighted by molar-refractivity contribution is -0.156. The van der Waals surface area contributed by atoms with E-state index in [9.17, 15) is 9.59 Å². The lowest BCUT2D eigenvalue weighted by Gasteiger charge is -2.32. The van der Waals surface area contributed by atoms with Gasteiger partial charge in [-0.2, -0.15) is 0 Å². The van der Waals surface area contributed by atoms with Crippen molar-refractivity contribution in [1.29, 1.82) is 0 Å². The summed E-state index contributed by atoms with van der Waals surface area (Å²) in [5.41, 5.74) is 0. The van der Waals surface area contributed by atoms with E-state index < -0.39 is 0 Å². The molecule has 17 heavy (non-hydrogen) atoms. The molecular weight excluding hydrogens is 304 g/mol. The van der Waals surface area contributed by atoms with E-state index in [1.165, 1.54) is 0 Å². The van der Waals surface area contributed by atoms with Crippen molar-refractivity contribution in [3.8, 4) is 0 Å². The Hall–Kier alpha value is -0.880. The molecule has 1 fully saturated rings. The van der Waals surface area contributed by atoms with Crippen LogP contribution in [0.3, 0.4) is 0 Å². The molecule has 4 nitrogen and oxygen atoms in total. The number of carbonyl (C=O) groups is 2. The highest BCUT2D eigenvalue weighted by atomic mass is 79.9. The molecule has 2 rings (SSSR count). The van der Waals surface area contributed by atoms with Gasteiger partial charge in [0.05, 0.1) is 10.3 Å². The van der Waals surface area contributed by atoms with Crippen molar-refractivity contribution in [1.82, 2.24) is 9.80 Å². The molecule has 0 atom stereocenters. The molecule has 0 spiro atoms. The molecule has 6 heteroatoms. The number of likely N-dealkylation sites (N-methyl/N-ethyl adjacent to an activating group) is 1. The molecule has 2 amide bonds. The van der Waals surface area contributed by atoms with Gasteiger partial charge in [0.15, 0.2) is 0 Å². The molecule has 0 radical (unpaired) electrons. The molecule has 0 bridgehead atoms. The quantitative estimate of drug-likeness (QED) is 0.796. The topological polar surface area (TPSA) is 40.6 Å². The van der Waals surface area contributed by atoms with E-state index in [-0.39, 0.29) is 11.8 Å². The minimum atomic E-state index is -0.386. The van der Waals surface area contributed by atoms with Crippen LogP contribution >= 0.6 is 27.3 Å². The summed E-state index contributed by atoms with van der Waals surface area (Å²) in [6, 6.07) is 3.92. The van der Waals surface area contributed by atoms with Gasteiger partial charge < -0.3 is 9.80 Å². The minimum absolute atomic E-state index is 0.380. The zero-order valence-corrected chi connectivity index (χ0v) is 11.9. The summed E-state index contributed by atoms with van der Waals surface area (Å²) in [6.45, 7) is 4.26. The maximum Gasteiger partial charge on any atom is 0.312 e. The third-order valence-electron chi connectivity index (χ3n) is 2.75. The van der Waals surface area contributed by atoms with Gasteiger partial charge in [-0.3, -0.25) is 9.59 Å². The third-order valence-corrected chi connectivity index (χ3v) is 4.36. The first-order valence-electron chi connectivity index (χ1n) is 5.44. The van der Waals surface area contributed by atoms with Gasteiger partial charge in [-0.05, 0) is 35.0 Å². The van der Waals surface area contributed by atoms with E-state index in [1.54, 1.807) is 21.1 Å². The van der Waals surface area contributed by atoms with E-state index in [2.05, 4.69) is 15.9 Å². The zero-order chi connectivity index (χ0) is 12.4. The number of hydrogen-bond acceptors (Lipinski definition) is 3. The number of piperazine rings is 1. The highest BCUT2D eigenvalue weighted by molar-refractivity contribution is 9.11. The van der Waals surface area contributed by atoms with Crippen LogP contribution in [-0.4, -0.2) is 41.2 Å². The van der Waals surface area contributed by atoms with Gasteiger partial charge in [0, 0.05) is 24.5 Å². The molecule has 1 aromatic rings. The normalized spacial score (nSPS) is 16.8. The van der Waals surface area contributed by atoms with Gasteiger partial charge in [0.2, 0.25) is 0 Å². The maximum atomic E-state index is 11.8. The highest BCUT2D eigenvalue weighted by Crippen LogP contribution is 2.23. The third kappa shape index (κ3) is 2.69. The number of nitrogens with zero attached hydrogens (tertiary/aromatic N) is 2. The fraction of sp³-hybridized carbons (Fsp3) is 0.455. The molecular formula is C11H13BrN2O2S. The summed E-state index contributed by atoms with van der Waals surface area (Å²) in [5.74, 6) is -0.767. The van der Waals surface area contributed by atoms with Gasteiger partial charge in [0.1, 0.15) is 0 Å². The fourth-order valence-electron chi connectivity index (χ4n) is 1.79. The number of carbonyl (C=O) groups excluding carboxylic acids is 2. The molecule has 0 aliphatic carbocycles. The second-order valence-corrected chi connectivity index (χ2v) is 6.36. The predicted octanol–water partition coefficient (Wildman–Crippen LogP) is 1.70. The van der Waals surface area contributed by atoms with Crippen LogP contribution in [-0.2, 0) is 16.1 Å². The number of amides is 2. The van der Waals surface area contributed by atoms with E-state index >= 15 is 0 Å². The Kier molecular flexibility index (Phi) is 3.83. The zero-order valence-electron chi connectivity index (χ0n) is 9.48. The molecule has 2 heterocycles. The SMILES string of the molecule is CCN1CCN(Cc2ccc(Br)s2)C(=O)C1=O. The molecule has 92 valence electrons. The van der Waals surface area contributed by atoms with Crippen molar-refractivity contribution in [2.24, 2.45) is 0 Å². The van der Waals surface area contributed by atoms with Crippen molar-refractivity contribution in [3.63, 3.8) is 0 Å². The molecule has 0 N–H and O–H groups in total. The van der Waals surface area contributed by atoms with E-state index in [1.807, 2.05) is 19.1 Å². The lowest BCUT2D eigenvalue weighted by atomic mass is 10.3. The standard InChI is InChI=1S/C11H13BrN2O2S/c1-2-13-5-6-14(11(16)10(13)15)7-8-3-4-9(12)17-8/h3-4H,2,5-7H2,1H3. The molecule has 0 unspecified atom stereocenters. The Labute approximate surface area is 112 Å². The number of halogens is 1. The van der Waals surface area contributed by atoms with Gasteiger partial charge >= 0.3 is 11.8 Å². The number of thiophene rings is 1. The van der Waals surface area contributed by atoms with Crippen LogP contribution in [0.5, 0.6) is 0 Å². The van der Waals surface area contributed by atoms with Crippen LogP contribution in [0.2, 0.25) is 0 Å². The van der Waals surface area contributed by atoms with Gasteiger partial charge in [-0.15, -0.1) is 11.3 Å². The van der Waals surface area contributed by atoms with Crippen LogP contribution in [0, 0.1) is 0 Å². The first-order chi connectivity index (χ1) is 8.11. The lowest BCUT2D eigenvalue weighted by Crippen LogP contribution is -2.53. The summed E-state index contributed by atoms with van der Waals surface area (Å²) in [6.07, 6.45) is 0. The van der Waals surface area contributed by atoms with Crippen LogP contribution in [0.25, 0.3) is 0 Å². The number of hydrogen-bond donors (Lipinski definition) is 0. The number of rotatable bonds is 3. The Morgan fingerprint density at radius 2 is 1.88 bits per heavy atom. The van der Waals surface area contributed by atoms with Crippen molar-refractivity contribution in [2.75, 3.05) is 19.6 Å². The summed E-state index contributed by atoms with van der Waals surface area (Å²) in [4.78, 5) is 27.8. The average Bonchev–Trinajstić information content (AvgIpc) is 2.71. The van der Waals surface area contributed by atoms with Crippen molar-refractivity contribution < 1.29 is 9.59 Å². The monoisotopic (exact) mass is 316 g/mol. The summed E-state index contributed by atoms with van der Waals surface area (Å²) in [5, 5.41) is 0. The van der Waals surface area contributed by atoms with E-state index in [0.717, 1.165) is 8.66 Å². The Morgan fingerprint density at radius 1 is 1.24 bits per heavy atom. The van der Waals surface area contributed by atoms with Crippen LogP contribution < -0.4 is 0 Å². The largest absolute Gasteiger partial charge is 0.333 e. The van der Waals surface area contributed by atoms with Gasteiger partial charge in [-0.1, -0.05) is 0 Å². The summed E-state index contributed by atoms with van der Waals surface area (Å²) >= 11 is 4.97. The summed E-state index contributed by atoms with van der Waals surface area (Å²) < 4.78 is 1.04. The van der Waals surface area contributed by atoms with Gasteiger partial charge in [-0.25, -0.2) is 0 Å². The molecule has 1 saturated heterocycles. The average molecular weight is 317 g/mol. The Morgan fingerprint density at radius 3 is 2.47 bits per heavy atom. The predicted molar refractivity (Wildman–Crippen MR) is 69.7 cm³/mol. The van der Waals surface area contributed by atoms with E-state index in [0.29, 0.717) is 26.2 Å². The van der Waals surface area contributed by atoms with Gasteiger partial charge in [0.25, 0.3) is 0 Å². The first-order valence-corrected chi connectivity index (χ1v) is 7.05. The second kappa shape index (κ2) is 5.18. The van der Waals surface area contributed by atoms with Crippen molar-refractivity contribution in [3.05, 3.63) is 20.8 Å². The molecule has 1 aliphatic heterocycles. The van der Waals surface area contributed by atoms with Crippen LogP contribution in [0.15, 0.2) is 15.9 Å². The molecule has 1 aromatic heterocycles. The highest BCUT2D eigenvalue weighted by Gasteiger charge is 2.31. The Balaban J connectivity index is 2.04. The second-order valence-electron chi connectivity index (χ2n) is 3.82. The van der Waals surface area contributed by atoms with Crippen molar-refractivity contribution in [2.45, 2.75) is 13.5 Å². The van der Waals surface area contributed by atoms with E-state index in [4.69, 9.17) is 0 Å². The smallest absolute Gasteiger partial charge is 0.312 e. The summed E-state index contributed by atoms with van der Waals surface area (Å²) in [7, 11) is 0. The molecule has 0 saturated carbocycles.